The van der Waals surface area contributed by atoms with Gasteiger partial charge in [0, 0.05) is 18.8 Å². The molecular formula is C12H15N3O2. The van der Waals surface area contributed by atoms with Crippen molar-refractivity contribution in [2.45, 2.75) is 6.42 Å². The molecule has 17 heavy (non-hydrogen) atoms. The van der Waals surface area contributed by atoms with Crippen LogP contribution in [-0.2, 0) is 6.42 Å². The Labute approximate surface area is 99.2 Å². The molecule has 0 unspecified atom stereocenters. The summed E-state index contributed by atoms with van der Waals surface area (Å²) in [6.45, 7) is 0.874. The lowest BCUT2D eigenvalue weighted by atomic mass is 10.1. The number of nitro benzene ring substituents is 1. The maximum Gasteiger partial charge on any atom is 0.279 e. The fourth-order valence-electron chi connectivity index (χ4n) is 1.93. The van der Waals surface area contributed by atoms with Crippen molar-refractivity contribution in [3.63, 3.8) is 0 Å². The van der Waals surface area contributed by atoms with Gasteiger partial charge in [-0.2, -0.15) is 0 Å². The highest BCUT2D eigenvalue weighted by atomic mass is 16.6. The summed E-state index contributed by atoms with van der Waals surface area (Å²) in [4.78, 5) is 15.8. The number of aromatic amines is 1. The van der Waals surface area contributed by atoms with Crippen molar-refractivity contribution in [1.82, 2.24) is 9.88 Å². The van der Waals surface area contributed by atoms with Crippen LogP contribution in [-0.4, -0.2) is 35.4 Å². The highest BCUT2D eigenvalue weighted by Crippen LogP contribution is 2.28. The SMILES string of the molecule is CN(C)CCc1c[nH]c2cccc([N+](=O)[O-])c12. The van der Waals surface area contributed by atoms with Crippen LogP contribution in [0.5, 0.6) is 0 Å². The molecule has 0 fully saturated rings. The van der Waals surface area contributed by atoms with Crippen molar-refractivity contribution in [2.24, 2.45) is 0 Å². The quantitative estimate of drug-likeness (QED) is 0.650. The first-order chi connectivity index (χ1) is 8.09. The number of rotatable bonds is 4. The minimum atomic E-state index is -0.324. The number of nitro groups is 1. The molecular weight excluding hydrogens is 218 g/mol. The van der Waals surface area contributed by atoms with Crippen LogP contribution in [0.2, 0.25) is 0 Å². The lowest BCUT2D eigenvalue weighted by molar-refractivity contribution is -0.383. The molecule has 5 nitrogen and oxygen atoms in total. The maximum absolute atomic E-state index is 11.0. The summed E-state index contributed by atoms with van der Waals surface area (Å²) in [6.07, 6.45) is 2.67. The second-order valence-corrected chi connectivity index (χ2v) is 4.32. The van der Waals surface area contributed by atoms with Crippen LogP contribution in [0, 0.1) is 10.1 Å². The van der Waals surface area contributed by atoms with Gasteiger partial charge in [0.2, 0.25) is 0 Å². The van der Waals surface area contributed by atoms with Gasteiger partial charge in [0.1, 0.15) is 0 Å². The Bertz CT molecular complexity index is 546. The van der Waals surface area contributed by atoms with Gasteiger partial charge in [0.25, 0.3) is 5.69 Å². The van der Waals surface area contributed by atoms with Gasteiger partial charge in [-0.25, -0.2) is 0 Å². The first-order valence-corrected chi connectivity index (χ1v) is 5.47. The number of hydrogen-bond acceptors (Lipinski definition) is 3. The lowest BCUT2D eigenvalue weighted by Gasteiger charge is -2.08. The van der Waals surface area contributed by atoms with Crippen LogP contribution in [0.1, 0.15) is 5.56 Å². The van der Waals surface area contributed by atoms with E-state index in [0.717, 1.165) is 29.4 Å². The number of likely N-dealkylation sites (N-methyl/N-ethyl adjacent to an activating group) is 1. The first-order valence-electron chi connectivity index (χ1n) is 5.47. The fraction of sp³-hybridized carbons (Fsp3) is 0.333. The van der Waals surface area contributed by atoms with Crippen molar-refractivity contribution in [3.8, 4) is 0 Å². The molecule has 5 heteroatoms. The fourth-order valence-corrected chi connectivity index (χ4v) is 1.93. The van der Waals surface area contributed by atoms with E-state index in [2.05, 4.69) is 9.88 Å². The molecule has 0 atom stereocenters. The normalized spacial score (nSPS) is 11.2. The molecule has 0 aliphatic heterocycles. The predicted octanol–water partition coefficient (Wildman–Crippen LogP) is 2.18. The number of nitrogens with zero attached hydrogens (tertiary/aromatic N) is 2. The zero-order chi connectivity index (χ0) is 12.4. The summed E-state index contributed by atoms with van der Waals surface area (Å²) >= 11 is 0. The van der Waals surface area contributed by atoms with Crippen molar-refractivity contribution in [2.75, 3.05) is 20.6 Å². The highest BCUT2D eigenvalue weighted by molar-refractivity contribution is 5.91. The minimum absolute atomic E-state index is 0.178. The van der Waals surface area contributed by atoms with Crippen LogP contribution in [0.3, 0.4) is 0 Å². The predicted molar refractivity (Wildman–Crippen MR) is 67.2 cm³/mol. The van der Waals surface area contributed by atoms with Gasteiger partial charge >= 0.3 is 0 Å². The summed E-state index contributed by atoms with van der Waals surface area (Å²) in [6, 6.07) is 5.11. The summed E-state index contributed by atoms with van der Waals surface area (Å²) in [7, 11) is 3.98. The van der Waals surface area contributed by atoms with E-state index in [-0.39, 0.29) is 10.6 Å². The Morgan fingerprint density at radius 3 is 2.82 bits per heavy atom. The zero-order valence-corrected chi connectivity index (χ0v) is 9.93. The summed E-state index contributed by atoms with van der Waals surface area (Å²) in [5, 5.41) is 11.7. The van der Waals surface area contributed by atoms with E-state index >= 15 is 0 Å². The van der Waals surface area contributed by atoms with Gasteiger partial charge in [0.15, 0.2) is 0 Å². The van der Waals surface area contributed by atoms with Crippen molar-refractivity contribution in [3.05, 3.63) is 40.1 Å². The van der Waals surface area contributed by atoms with E-state index < -0.39 is 0 Å². The molecule has 90 valence electrons. The molecule has 2 rings (SSSR count). The lowest BCUT2D eigenvalue weighted by Crippen LogP contribution is -2.14. The van der Waals surface area contributed by atoms with Crippen LogP contribution < -0.4 is 0 Å². The van der Waals surface area contributed by atoms with Gasteiger partial charge in [0.05, 0.1) is 15.8 Å². The number of nitrogens with one attached hydrogen (secondary N) is 1. The van der Waals surface area contributed by atoms with Gasteiger partial charge in [-0.1, -0.05) is 6.07 Å². The number of benzene rings is 1. The number of hydrogen-bond donors (Lipinski definition) is 1. The maximum atomic E-state index is 11.0. The summed E-state index contributed by atoms with van der Waals surface area (Å²) in [5.74, 6) is 0. The molecule has 0 saturated carbocycles. The Morgan fingerprint density at radius 2 is 2.18 bits per heavy atom. The Balaban J connectivity index is 2.46. The number of fused-ring (bicyclic) bond motifs is 1. The summed E-state index contributed by atoms with van der Waals surface area (Å²) in [5.41, 5.74) is 2.01. The van der Waals surface area contributed by atoms with E-state index in [4.69, 9.17) is 0 Å². The molecule has 0 radical (unpaired) electrons. The number of non-ortho nitro benzene ring substituents is 1. The van der Waals surface area contributed by atoms with Crippen molar-refractivity contribution in [1.29, 1.82) is 0 Å². The van der Waals surface area contributed by atoms with Crippen LogP contribution in [0.25, 0.3) is 10.9 Å². The topological polar surface area (TPSA) is 62.2 Å². The summed E-state index contributed by atoms with van der Waals surface area (Å²) < 4.78 is 0. The molecule has 0 amide bonds. The van der Waals surface area contributed by atoms with E-state index in [1.165, 1.54) is 0 Å². The largest absolute Gasteiger partial charge is 0.361 e. The molecule has 2 aromatic rings. The van der Waals surface area contributed by atoms with Crippen molar-refractivity contribution >= 4 is 16.6 Å². The molecule has 0 aliphatic rings. The molecule has 0 saturated heterocycles. The average molecular weight is 233 g/mol. The smallest absolute Gasteiger partial charge is 0.279 e. The van der Waals surface area contributed by atoms with Crippen LogP contribution >= 0.6 is 0 Å². The Hall–Kier alpha value is -1.88. The number of aromatic nitrogens is 1. The van der Waals surface area contributed by atoms with Gasteiger partial charge in [-0.3, -0.25) is 10.1 Å². The van der Waals surface area contributed by atoms with E-state index in [1.807, 2.05) is 26.4 Å². The second kappa shape index (κ2) is 4.55. The second-order valence-electron chi connectivity index (χ2n) is 4.32. The van der Waals surface area contributed by atoms with E-state index in [0.29, 0.717) is 0 Å². The third kappa shape index (κ3) is 2.29. The molecule has 0 spiro atoms. The third-order valence-corrected chi connectivity index (χ3v) is 2.79. The number of H-pyrrole nitrogens is 1. The monoisotopic (exact) mass is 233 g/mol. The van der Waals surface area contributed by atoms with E-state index in [9.17, 15) is 10.1 Å². The Kier molecular flexibility index (Phi) is 3.10. The van der Waals surface area contributed by atoms with Crippen LogP contribution in [0.15, 0.2) is 24.4 Å². The van der Waals surface area contributed by atoms with Crippen molar-refractivity contribution < 1.29 is 4.92 Å². The van der Waals surface area contributed by atoms with Gasteiger partial charge < -0.3 is 9.88 Å². The standard InChI is InChI=1S/C12H15N3O2/c1-14(2)7-6-9-8-13-10-4-3-5-11(12(9)10)15(16)17/h3-5,8,13H,6-7H2,1-2H3. The van der Waals surface area contributed by atoms with Gasteiger partial charge in [-0.05, 0) is 32.1 Å². The molecule has 1 aromatic carbocycles. The molecule has 1 aromatic heterocycles. The molecule has 1 N–H and O–H groups in total. The highest BCUT2D eigenvalue weighted by Gasteiger charge is 2.16. The Morgan fingerprint density at radius 1 is 1.41 bits per heavy atom. The molecule has 0 bridgehead atoms. The average Bonchev–Trinajstić information content (AvgIpc) is 2.69. The zero-order valence-electron chi connectivity index (χ0n) is 9.93. The van der Waals surface area contributed by atoms with Crippen LogP contribution in [0.4, 0.5) is 5.69 Å². The van der Waals surface area contributed by atoms with E-state index in [1.54, 1.807) is 12.1 Å². The van der Waals surface area contributed by atoms with Gasteiger partial charge in [-0.15, -0.1) is 0 Å². The molecule has 0 aliphatic carbocycles. The first kappa shape index (κ1) is 11.6. The molecule has 1 heterocycles. The minimum Gasteiger partial charge on any atom is -0.361 e. The third-order valence-electron chi connectivity index (χ3n) is 2.79.